The average Bonchev–Trinajstić information content (AvgIpc) is 3.29. The van der Waals surface area contributed by atoms with Gasteiger partial charge in [-0.2, -0.15) is 5.10 Å². The lowest BCUT2D eigenvalue weighted by molar-refractivity contribution is 0.0734. The fraction of sp³-hybridized carbons (Fsp3) is 0. The maximum Gasteiger partial charge on any atom is 0.343 e. The minimum Gasteiger partial charge on any atom is -0.422 e. The number of hydrazone groups is 1. The van der Waals surface area contributed by atoms with Gasteiger partial charge in [-0.3, -0.25) is 4.79 Å². The van der Waals surface area contributed by atoms with Gasteiger partial charge in [0.1, 0.15) is 11.4 Å². The van der Waals surface area contributed by atoms with Crippen molar-refractivity contribution in [3.05, 3.63) is 123 Å². The first-order valence-electron chi connectivity index (χ1n) is 11.3. The van der Waals surface area contributed by atoms with E-state index in [-0.39, 0.29) is 0 Å². The molecule has 5 aromatic rings. The minimum atomic E-state index is -0.492. The van der Waals surface area contributed by atoms with Crippen LogP contribution in [0.4, 0.5) is 0 Å². The van der Waals surface area contributed by atoms with Crippen LogP contribution in [0.5, 0.6) is 5.75 Å². The summed E-state index contributed by atoms with van der Waals surface area (Å²) in [5.41, 5.74) is 6.47. The molecule has 0 aliphatic rings. The van der Waals surface area contributed by atoms with Crippen LogP contribution >= 0.6 is 31.9 Å². The van der Waals surface area contributed by atoms with E-state index in [4.69, 9.17) is 4.74 Å². The summed E-state index contributed by atoms with van der Waals surface area (Å²) in [4.78, 5) is 29.0. The van der Waals surface area contributed by atoms with Gasteiger partial charge >= 0.3 is 5.97 Å². The standard InChI is InChI=1S/C29H19Br2N3O3/c30-21-12-10-19(11-13-21)29(36)37-25-9-5-4-8-20(25)17-32-34-28(35)27-26(18-6-2-1-3-7-18)23-16-22(31)14-15-24(23)33-27/h1-17,33H,(H,34,35). The molecule has 1 heterocycles. The zero-order valence-electron chi connectivity index (χ0n) is 19.2. The highest BCUT2D eigenvalue weighted by Crippen LogP contribution is 2.34. The number of aromatic nitrogens is 1. The molecule has 4 aromatic carbocycles. The largest absolute Gasteiger partial charge is 0.422 e. The van der Waals surface area contributed by atoms with E-state index in [1.54, 1.807) is 48.5 Å². The fourth-order valence-electron chi connectivity index (χ4n) is 3.88. The molecular formula is C29H19Br2N3O3. The molecule has 5 rings (SSSR count). The van der Waals surface area contributed by atoms with Gasteiger partial charge in [-0.1, -0.05) is 74.3 Å². The Morgan fingerprint density at radius 3 is 2.32 bits per heavy atom. The van der Waals surface area contributed by atoms with Crippen molar-refractivity contribution >= 4 is 60.9 Å². The van der Waals surface area contributed by atoms with E-state index in [0.29, 0.717) is 22.6 Å². The third-order valence-electron chi connectivity index (χ3n) is 5.62. The number of aromatic amines is 1. The molecule has 0 atom stereocenters. The van der Waals surface area contributed by atoms with Crippen LogP contribution in [0.2, 0.25) is 0 Å². The van der Waals surface area contributed by atoms with Crippen LogP contribution in [0.1, 0.15) is 26.4 Å². The molecule has 0 spiro atoms. The van der Waals surface area contributed by atoms with Crippen LogP contribution in [-0.4, -0.2) is 23.1 Å². The predicted molar refractivity (Wildman–Crippen MR) is 152 cm³/mol. The van der Waals surface area contributed by atoms with Gasteiger partial charge in [0.2, 0.25) is 0 Å². The molecule has 0 saturated carbocycles. The van der Waals surface area contributed by atoms with Gasteiger partial charge in [0.15, 0.2) is 0 Å². The summed E-state index contributed by atoms with van der Waals surface area (Å²) in [6.45, 7) is 0. The molecule has 0 fully saturated rings. The summed E-state index contributed by atoms with van der Waals surface area (Å²) < 4.78 is 7.35. The van der Waals surface area contributed by atoms with Crippen molar-refractivity contribution in [2.45, 2.75) is 0 Å². The Morgan fingerprint density at radius 2 is 1.54 bits per heavy atom. The summed E-state index contributed by atoms with van der Waals surface area (Å²) in [7, 11) is 0. The highest BCUT2D eigenvalue weighted by molar-refractivity contribution is 9.10. The van der Waals surface area contributed by atoms with Gasteiger partial charge in [0.25, 0.3) is 5.91 Å². The highest BCUT2D eigenvalue weighted by atomic mass is 79.9. The number of fused-ring (bicyclic) bond motifs is 1. The molecule has 0 saturated heterocycles. The molecule has 37 heavy (non-hydrogen) atoms. The zero-order chi connectivity index (χ0) is 25.8. The van der Waals surface area contributed by atoms with E-state index < -0.39 is 11.9 Å². The number of ether oxygens (including phenoxy) is 1. The van der Waals surface area contributed by atoms with E-state index in [1.807, 2.05) is 48.5 Å². The van der Waals surface area contributed by atoms with E-state index in [1.165, 1.54) is 6.21 Å². The van der Waals surface area contributed by atoms with E-state index in [0.717, 1.165) is 31.0 Å². The Morgan fingerprint density at radius 1 is 0.838 bits per heavy atom. The quantitative estimate of drug-likeness (QED) is 0.0906. The maximum atomic E-state index is 13.2. The summed E-state index contributed by atoms with van der Waals surface area (Å²) in [5, 5.41) is 5.06. The number of nitrogens with zero attached hydrogens (tertiary/aromatic N) is 1. The second kappa shape index (κ2) is 10.9. The Balaban J connectivity index is 1.38. The van der Waals surface area contributed by atoms with Crippen LogP contribution in [0.15, 0.2) is 111 Å². The molecule has 6 nitrogen and oxygen atoms in total. The number of carbonyl (C=O) groups is 2. The zero-order valence-corrected chi connectivity index (χ0v) is 22.4. The number of rotatable bonds is 6. The van der Waals surface area contributed by atoms with Crippen LogP contribution in [0.25, 0.3) is 22.0 Å². The number of benzene rings is 4. The van der Waals surface area contributed by atoms with Gasteiger partial charge in [-0.05, 0) is 60.2 Å². The van der Waals surface area contributed by atoms with Crippen molar-refractivity contribution in [3.63, 3.8) is 0 Å². The lowest BCUT2D eigenvalue weighted by Crippen LogP contribution is -2.19. The molecule has 2 N–H and O–H groups in total. The first kappa shape index (κ1) is 24.7. The fourth-order valence-corrected chi connectivity index (χ4v) is 4.51. The summed E-state index contributed by atoms with van der Waals surface area (Å²) in [6, 6.07) is 29.4. The van der Waals surface area contributed by atoms with Crippen molar-refractivity contribution in [2.75, 3.05) is 0 Å². The Bertz CT molecular complexity index is 1630. The van der Waals surface area contributed by atoms with Crippen molar-refractivity contribution in [3.8, 4) is 16.9 Å². The third-order valence-corrected chi connectivity index (χ3v) is 6.64. The molecule has 182 valence electrons. The third kappa shape index (κ3) is 5.55. The van der Waals surface area contributed by atoms with Gasteiger partial charge in [0.05, 0.1) is 11.8 Å². The normalized spacial score (nSPS) is 11.1. The smallest absolute Gasteiger partial charge is 0.343 e. The second-order valence-electron chi connectivity index (χ2n) is 8.06. The topological polar surface area (TPSA) is 83.5 Å². The van der Waals surface area contributed by atoms with Crippen molar-refractivity contribution < 1.29 is 14.3 Å². The van der Waals surface area contributed by atoms with Crippen LogP contribution in [0, 0.1) is 0 Å². The van der Waals surface area contributed by atoms with Crippen LogP contribution in [0.3, 0.4) is 0 Å². The molecule has 0 aliphatic carbocycles. The van der Waals surface area contributed by atoms with E-state index in [9.17, 15) is 9.59 Å². The van der Waals surface area contributed by atoms with Crippen molar-refractivity contribution in [1.29, 1.82) is 0 Å². The lowest BCUT2D eigenvalue weighted by Gasteiger charge is -2.07. The Labute approximate surface area is 229 Å². The molecule has 1 amide bonds. The maximum absolute atomic E-state index is 13.2. The Hall–Kier alpha value is -4.01. The van der Waals surface area contributed by atoms with E-state index >= 15 is 0 Å². The van der Waals surface area contributed by atoms with Gasteiger partial charge in [-0.15, -0.1) is 0 Å². The van der Waals surface area contributed by atoms with Gasteiger partial charge in [-0.25, -0.2) is 10.2 Å². The van der Waals surface area contributed by atoms with Crippen molar-refractivity contribution in [2.24, 2.45) is 5.10 Å². The molecule has 0 radical (unpaired) electrons. The molecule has 0 bridgehead atoms. The second-order valence-corrected chi connectivity index (χ2v) is 9.90. The molecule has 0 aliphatic heterocycles. The summed E-state index contributed by atoms with van der Waals surface area (Å²) in [6.07, 6.45) is 1.45. The number of hydrogen-bond acceptors (Lipinski definition) is 4. The molecular weight excluding hydrogens is 598 g/mol. The monoisotopic (exact) mass is 615 g/mol. The summed E-state index contributed by atoms with van der Waals surface area (Å²) in [5.74, 6) is -0.560. The lowest BCUT2D eigenvalue weighted by atomic mass is 10.0. The highest BCUT2D eigenvalue weighted by Gasteiger charge is 2.19. The number of H-pyrrole nitrogens is 1. The molecule has 0 unspecified atom stereocenters. The van der Waals surface area contributed by atoms with E-state index in [2.05, 4.69) is 47.4 Å². The summed E-state index contributed by atoms with van der Waals surface area (Å²) >= 11 is 6.87. The van der Waals surface area contributed by atoms with Gasteiger partial charge in [0, 0.05) is 31.0 Å². The van der Waals surface area contributed by atoms with Gasteiger partial charge < -0.3 is 9.72 Å². The number of nitrogens with one attached hydrogen (secondary N) is 2. The number of carbonyl (C=O) groups excluding carboxylic acids is 2. The Kier molecular flexibility index (Phi) is 7.30. The van der Waals surface area contributed by atoms with Crippen LogP contribution in [-0.2, 0) is 0 Å². The van der Waals surface area contributed by atoms with Crippen LogP contribution < -0.4 is 10.2 Å². The SMILES string of the molecule is O=C(Oc1ccccc1C=NNC(=O)c1[nH]c2ccc(Br)cc2c1-c1ccccc1)c1ccc(Br)cc1. The number of esters is 1. The predicted octanol–water partition coefficient (Wildman–Crippen LogP) is 7.34. The van der Waals surface area contributed by atoms with Crippen molar-refractivity contribution in [1.82, 2.24) is 10.4 Å². The first-order valence-corrected chi connectivity index (χ1v) is 12.8. The molecule has 8 heteroatoms. The number of hydrogen-bond donors (Lipinski definition) is 2. The number of amides is 1. The number of para-hydroxylation sites is 1. The number of halogens is 2. The molecule has 1 aromatic heterocycles. The average molecular weight is 617 g/mol. The minimum absolute atomic E-state index is 0.328. The first-order chi connectivity index (χ1) is 18.0.